The molecule has 4 rings (SSSR count). The summed E-state index contributed by atoms with van der Waals surface area (Å²) in [6, 6.07) is 6.81. The van der Waals surface area contributed by atoms with E-state index >= 15 is 0 Å². The lowest BCUT2D eigenvalue weighted by Crippen LogP contribution is -2.36. The smallest absolute Gasteiger partial charge is 0.337 e. The van der Waals surface area contributed by atoms with Gasteiger partial charge in [-0.1, -0.05) is 12.8 Å². The van der Waals surface area contributed by atoms with Crippen LogP contribution in [0.25, 0.3) is 0 Å². The second-order valence-corrected chi connectivity index (χ2v) is 7.72. The Morgan fingerprint density at radius 2 is 1.61 bits per heavy atom. The molecule has 1 saturated carbocycles. The summed E-state index contributed by atoms with van der Waals surface area (Å²) in [6.45, 7) is 2.01. The zero-order chi connectivity index (χ0) is 19.5. The van der Waals surface area contributed by atoms with Gasteiger partial charge in [-0.15, -0.1) is 0 Å². The average molecular weight is 389 g/mol. The second kappa shape index (κ2) is 8.49. The van der Waals surface area contributed by atoms with Gasteiger partial charge < -0.3 is 23.8 Å². The highest BCUT2D eigenvalue weighted by Gasteiger charge is 2.41. The Labute approximate surface area is 164 Å². The van der Waals surface area contributed by atoms with E-state index in [0.29, 0.717) is 37.6 Å². The van der Waals surface area contributed by atoms with Gasteiger partial charge in [0, 0.05) is 19.0 Å². The third-order valence-corrected chi connectivity index (χ3v) is 5.80. The van der Waals surface area contributed by atoms with Crippen molar-refractivity contribution in [3.63, 3.8) is 0 Å². The summed E-state index contributed by atoms with van der Waals surface area (Å²) >= 11 is 0. The number of methoxy groups -OCH3 is 1. The highest BCUT2D eigenvalue weighted by molar-refractivity contribution is 5.89. The monoisotopic (exact) mass is 389 g/mol. The Hall–Kier alpha value is -2.12. The van der Waals surface area contributed by atoms with E-state index in [0.717, 1.165) is 25.7 Å². The van der Waals surface area contributed by atoms with E-state index in [1.807, 2.05) is 4.90 Å². The predicted molar refractivity (Wildman–Crippen MR) is 100 cm³/mol. The standard InChI is InChI=1S/C21H27NO6/c1-25-21(24)15-6-8-16(9-7-15)28-17-12-26-18-10-22(11-19(18)27-13-17)20(23)14-4-2-3-5-14/h6-9,14,17-19H,2-5,10-13H2,1H3/t18-,19-/m0/s1. The van der Waals surface area contributed by atoms with Gasteiger partial charge in [0.25, 0.3) is 0 Å². The number of amides is 1. The molecule has 2 heterocycles. The van der Waals surface area contributed by atoms with Gasteiger partial charge in [0.1, 0.15) is 24.1 Å². The van der Waals surface area contributed by atoms with Crippen LogP contribution in [0.5, 0.6) is 5.75 Å². The number of hydrogen-bond acceptors (Lipinski definition) is 6. The summed E-state index contributed by atoms with van der Waals surface area (Å²) in [5.41, 5.74) is 0.477. The van der Waals surface area contributed by atoms with E-state index in [9.17, 15) is 9.59 Å². The summed E-state index contributed by atoms with van der Waals surface area (Å²) in [4.78, 5) is 26.1. The molecule has 2 aliphatic heterocycles. The molecule has 2 saturated heterocycles. The first-order chi connectivity index (χ1) is 13.6. The molecule has 1 aromatic rings. The van der Waals surface area contributed by atoms with Gasteiger partial charge in [-0.05, 0) is 37.1 Å². The van der Waals surface area contributed by atoms with Gasteiger partial charge in [-0.25, -0.2) is 4.79 Å². The number of carbonyl (C=O) groups is 2. The molecule has 3 aliphatic rings. The van der Waals surface area contributed by atoms with Crippen LogP contribution in [0.15, 0.2) is 24.3 Å². The number of rotatable bonds is 4. The first-order valence-corrected chi connectivity index (χ1v) is 10.0. The Bertz CT molecular complexity index is 683. The van der Waals surface area contributed by atoms with Crippen LogP contribution in [0.4, 0.5) is 0 Å². The van der Waals surface area contributed by atoms with Gasteiger partial charge in [0.15, 0.2) is 0 Å². The van der Waals surface area contributed by atoms with Gasteiger partial charge in [0.2, 0.25) is 5.91 Å². The van der Waals surface area contributed by atoms with Crippen molar-refractivity contribution in [3.8, 4) is 5.75 Å². The zero-order valence-electron chi connectivity index (χ0n) is 16.2. The van der Waals surface area contributed by atoms with Crippen molar-refractivity contribution in [1.82, 2.24) is 4.90 Å². The summed E-state index contributed by atoms with van der Waals surface area (Å²) in [5, 5.41) is 0. The van der Waals surface area contributed by atoms with Crippen molar-refractivity contribution < 1.29 is 28.5 Å². The predicted octanol–water partition coefficient (Wildman–Crippen LogP) is 2.04. The summed E-state index contributed by atoms with van der Waals surface area (Å²) in [5.74, 6) is 0.717. The van der Waals surface area contributed by atoms with Gasteiger partial charge in [-0.3, -0.25) is 4.79 Å². The normalized spacial score (nSPS) is 26.0. The number of hydrogen-bond donors (Lipinski definition) is 0. The molecule has 1 amide bonds. The quantitative estimate of drug-likeness (QED) is 0.734. The lowest BCUT2D eigenvalue weighted by Gasteiger charge is -2.22. The molecule has 0 unspecified atom stereocenters. The fraction of sp³-hybridized carbons (Fsp3) is 0.619. The summed E-state index contributed by atoms with van der Waals surface area (Å²) in [7, 11) is 1.35. The molecule has 0 N–H and O–H groups in total. The van der Waals surface area contributed by atoms with E-state index in [2.05, 4.69) is 0 Å². The third-order valence-electron chi connectivity index (χ3n) is 5.80. The molecular formula is C21H27NO6. The molecule has 2 atom stereocenters. The molecule has 0 spiro atoms. The minimum atomic E-state index is -0.378. The summed E-state index contributed by atoms with van der Waals surface area (Å²) < 4.78 is 22.7. The molecule has 0 aromatic heterocycles. The number of nitrogens with zero attached hydrogens (tertiary/aromatic N) is 1. The topological polar surface area (TPSA) is 74.3 Å². The molecule has 0 bridgehead atoms. The maximum atomic E-state index is 12.6. The highest BCUT2D eigenvalue weighted by atomic mass is 16.6. The second-order valence-electron chi connectivity index (χ2n) is 7.72. The van der Waals surface area contributed by atoms with E-state index < -0.39 is 0 Å². The van der Waals surface area contributed by atoms with E-state index in [1.54, 1.807) is 24.3 Å². The van der Waals surface area contributed by atoms with Crippen LogP contribution in [0, 0.1) is 5.92 Å². The first kappa shape index (κ1) is 19.2. The van der Waals surface area contributed by atoms with E-state index in [1.165, 1.54) is 7.11 Å². The fourth-order valence-electron chi connectivity index (χ4n) is 4.23. The third kappa shape index (κ3) is 4.15. The lowest BCUT2D eigenvalue weighted by molar-refractivity contribution is -0.135. The number of ether oxygens (including phenoxy) is 4. The summed E-state index contributed by atoms with van der Waals surface area (Å²) in [6.07, 6.45) is 3.91. The van der Waals surface area contributed by atoms with Crippen LogP contribution < -0.4 is 4.74 Å². The van der Waals surface area contributed by atoms with Crippen LogP contribution in [0.1, 0.15) is 36.0 Å². The van der Waals surface area contributed by atoms with E-state index in [4.69, 9.17) is 18.9 Å². The highest BCUT2D eigenvalue weighted by Crippen LogP contribution is 2.29. The Balaban J connectivity index is 1.29. The van der Waals surface area contributed by atoms with Crippen molar-refractivity contribution >= 4 is 11.9 Å². The van der Waals surface area contributed by atoms with Gasteiger partial charge in [0.05, 0.1) is 25.9 Å². The first-order valence-electron chi connectivity index (χ1n) is 10.0. The Kier molecular flexibility index (Phi) is 5.82. The molecule has 7 nitrogen and oxygen atoms in total. The number of fused-ring (bicyclic) bond motifs is 1. The average Bonchev–Trinajstić information content (AvgIpc) is 3.36. The van der Waals surface area contributed by atoms with E-state index in [-0.39, 0.29) is 36.1 Å². The minimum absolute atomic E-state index is 0.0966. The maximum absolute atomic E-state index is 12.6. The van der Waals surface area contributed by atoms with Crippen molar-refractivity contribution in [3.05, 3.63) is 29.8 Å². The molecule has 7 heteroatoms. The SMILES string of the molecule is COC(=O)c1ccc(OC2CO[C@H]3CN(C(=O)C4CCCC4)C[C@@H]3OC2)cc1. The van der Waals surface area contributed by atoms with Crippen molar-refractivity contribution in [2.24, 2.45) is 5.92 Å². The minimum Gasteiger partial charge on any atom is -0.486 e. The molecule has 0 radical (unpaired) electrons. The van der Waals surface area contributed by atoms with Crippen LogP contribution in [-0.4, -0.2) is 68.5 Å². The van der Waals surface area contributed by atoms with Crippen LogP contribution in [-0.2, 0) is 19.0 Å². The van der Waals surface area contributed by atoms with Crippen LogP contribution in [0.3, 0.4) is 0 Å². The molecule has 1 aliphatic carbocycles. The van der Waals surface area contributed by atoms with Crippen molar-refractivity contribution in [1.29, 1.82) is 0 Å². The van der Waals surface area contributed by atoms with Crippen LogP contribution in [0.2, 0.25) is 0 Å². The number of likely N-dealkylation sites (tertiary alicyclic amines) is 1. The molecule has 28 heavy (non-hydrogen) atoms. The molecule has 1 aromatic carbocycles. The Morgan fingerprint density at radius 1 is 1.00 bits per heavy atom. The zero-order valence-corrected chi connectivity index (χ0v) is 16.2. The molecule has 152 valence electrons. The number of benzene rings is 1. The number of carbonyl (C=O) groups excluding carboxylic acids is 2. The lowest BCUT2D eigenvalue weighted by atomic mass is 10.1. The molecular weight excluding hydrogens is 362 g/mol. The molecule has 3 fully saturated rings. The van der Waals surface area contributed by atoms with Gasteiger partial charge in [-0.2, -0.15) is 0 Å². The largest absolute Gasteiger partial charge is 0.486 e. The number of esters is 1. The fourth-order valence-corrected chi connectivity index (χ4v) is 4.23. The van der Waals surface area contributed by atoms with Gasteiger partial charge >= 0.3 is 5.97 Å². The van der Waals surface area contributed by atoms with Crippen molar-refractivity contribution in [2.45, 2.75) is 44.0 Å². The Morgan fingerprint density at radius 3 is 2.18 bits per heavy atom. The van der Waals surface area contributed by atoms with Crippen molar-refractivity contribution in [2.75, 3.05) is 33.4 Å². The van der Waals surface area contributed by atoms with Crippen LogP contribution >= 0.6 is 0 Å². The maximum Gasteiger partial charge on any atom is 0.337 e.